The first kappa shape index (κ1) is 18.6. The minimum absolute atomic E-state index is 0.00803. The van der Waals surface area contributed by atoms with Crippen LogP contribution in [0.2, 0.25) is 0 Å². The van der Waals surface area contributed by atoms with Gasteiger partial charge in [0.15, 0.2) is 0 Å². The number of nitrogens with one attached hydrogen (secondary N) is 1. The van der Waals surface area contributed by atoms with Crippen LogP contribution in [-0.2, 0) is 14.8 Å². The number of hydrogen-bond donors (Lipinski definition) is 1. The highest BCUT2D eigenvalue weighted by molar-refractivity contribution is 7.90. The molecule has 146 valence electrons. The topological polar surface area (TPSA) is 125 Å². The molecule has 0 radical (unpaired) electrons. The molecule has 2 aromatic rings. The van der Waals surface area contributed by atoms with Gasteiger partial charge in [0.05, 0.1) is 16.6 Å². The summed E-state index contributed by atoms with van der Waals surface area (Å²) in [5, 5.41) is 14.9. The molecule has 1 aliphatic heterocycles. The molecule has 0 saturated heterocycles. The lowest BCUT2D eigenvalue weighted by Crippen LogP contribution is -2.34. The van der Waals surface area contributed by atoms with Gasteiger partial charge in [-0.15, -0.1) is 0 Å². The third-order valence-corrected chi connectivity index (χ3v) is 5.76. The lowest BCUT2D eigenvalue weighted by atomic mass is 9.95. The Morgan fingerprint density at radius 2 is 1.79 bits per heavy atom. The summed E-state index contributed by atoms with van der Waals surface area (Å²) in [5.74, 6) is -1.96. The maximum Gasteiger partial charge on any atom is 0.282 e. The van der Waals surface area contributed by atoms with E-state index in [1.807, 2.05) is 0 Å². The lowest BCUT2D eigenvalue weighted by Gasteiger charge is -2.18. The van der Waals surface area contributed by atoms with Crippen LogP contribution in [-0.4, -0.2) is 33.1 Å². The van der Waals surface area contributed by atoms with E-state index in [9.17, 15) is 23.1 Å². The molecule has 0 saturated carbocycles. The third-order valence-electron chi connectivity index (χ3n) is 4.49. The zero-order chi connectivity index (χ0) is 20.8. The number of allylic oxidation sites excluding steroid dienone is 5. The molecule has 0 atom stereocenters. The number of sulfonamides is 1. The summed E-state index contributed by atoms with van der Waals surface area (Å²) in [7, 11) is -3.10. The molecule has 0 unspecified atom stereocenters. The molecule has 0 spiro atoms. The van der Waals surface area contributed by atoms with Crippen molar-refractivity contribution in [1.82, 2.24) is 5.32 Å². The van der Waals surface area contributed by atoms with E-state index in [1.165, 1.54) is 37.5 Å². The van der Waals surface area contributed by atoms with E-state index in [0.29, 0.717) is 10.8 Å². The number of amides is 2. The van der Waals surface area contributed by atoms with E-state index >= 15 is 0 Å². The van der Waals surface area contributed by atoms with Crippen molar-refractivity contribution in [1.29, 1.82) is 0 Å². The van der Waals surface area contributed by atoms with Crippen molar-refractivity contribution < 1.29 is 27.9 Å². The molecule has 4 rings (SSSR count). The van der Waals surface area contributed by atoms with E-state index in [0.717, 1.165) is 0 Å². The number of carbonyl (C=O) groups is 2. The first-order valence-electron chi connectivity index (χ1n) is 8.39. The van der Waals surface area contributed by atoms with Gasteiger partial charge in [-0.2, -0.15) is 12.8 Å². The van der Waals surface area contributed by atoms with Gasteiger partial charge in [-0.05, 0) is 36.8 Å². The maximum atomic E-state index is 12.9. The molecular formula is C20H13N2O6S-. The molecule has 2 amide bonds. The lowest BCUT2D eigenvalue weighted by molar-refractivity contribution is -0.354. The first-order valence-corrected chi connectivity index (χ1v) is 9.83. The van der Waals surface area contributed by atoms with Crippen molar-refractivity contribution in [3.8, 4) is 0 Å². The molecule has 8 nitrogen and oxygen atoms in total. The number of benzene rings is 2. The number of nitrogens with zero attached hydrogens (tertiary/aromatic N) is 1. The number of carbonyl (C=O) groups excluding carboxylic acids is 2. The Bertz CT molecular complexity index is 1320. The van der Waals surface area contributed by atoms with Gasteiger partial charge in [0.25, 0.3) is 21.8 Å². The Hall–Kier alpha value is -3.72. The van der Waals surface area contributed by atoms with Gasteiger partial charge in [0.2, 0.25) is 0 Å². The summed E-state index contributed by atoms with van der Waals surface area (Å²) in [6.45, 7) is 0. The minimum Gasteiger partial charge on any atom is -0.616 e. The van der Waals surface area contributed by atoms with Crippen LogP contribution in [0, 0.1) is 0 Å². The first-order chi connectivity index (χ1) is 13.8. The summed E-state index contributed by atoms with van der Waals surface area (Å²) in [6, 6.07) is 7.27. The molecule has 2 aliphatic rings. The second-order valence-corrected chi connectivity index (χ2v) is 7.84. The van der Waals surface area contributed by atoms with Crippen molar-refractivity contribution in [2.45, 2.75) is 4.90 Å². The van der Waals surface area contributed by atoms with Gasteiger partial charge in [-0.25, -0.2) is 0 Å². The molecule has 29 heavy (non-hydrogen) atoms. The zero-order valence-corrected chi connectivity index (χ0v) is 15.8. The van der Waals surface area contributed by atoms with Gasteiger partial charge in [-0.3, -0.25) is 14.9 Å². The minimum atomic E-state index is -4.28. The van der Waals surface area contributed by atoms with Gasteiger partial charge < -0.3 is 9.84 Å². The standard InChI is InChI=1S/C20H14N2O6S/c1-28-20(25)13-6-2-3-8-16(13)22-29(26,27)12-9-11-5-4-7-14-17(11)15(10-12)19(24)21-18(14)23/h2-10,25H,1H3,(H,21,23,24)/p-1. The van der Waals surface area contributed by atoms with Gasteiger partial charge >= 0.3 is 0 Å². The van der Waals surface area contributed by atoms with E-state index in [-0.39, 0.29) is 27.3 Å². The molecule has 0 fully saturated rings. The van der Waals surface area contributed by atoms with Crippen LogP contribution in [0.4, 0.5) is 0 Å². The number of hydrogen-bond acceptors (Lipinski definition) is 6. The smallest absolute Gasteiger partial charge is 0.282 e. The van der Waals surface area contributed by atoms with Crippen LogP contribution in [0.15, 0.2) is 75.4 Å². The van der Waals surface area contributed by atoms with E-state index < -0.39 is 27.8 Å². The monoisotopic (exact) mass is 409 g/mol. The van der Waals surface area contributed by atoms with E-state index in [4.69, 9.17) is 0 Å². The molecular weight excluding hydrogens is 396 g/mol. The van der Waals surface area contributed by atoms with Crippen LogP contribution in [0.1, 0.15) is 20.7 Å². The number of ether oxygens (including phenoxy) is 1. The predicted octanol–water partition coefficient (Wildman–Crippen LogP) is 1.20. The Labute approximate surface area is 165 Å². The SMILES string of the molecule is COC([O-])=C1C=CC=CC1=NS(=O)(=O)c1cc2c3c(cccc3c1)C(=O)NC2=O. The van der Waals surface area contributed by atoms with Crippen molar-refractivity contribution >= 4 is 38.3 Å². The zero-order valence-electron chi connectivity index (χ0n) is 15.0. The van der Waals surface area contributed by atoms with Crippen LogP contribution < -0.4 is 10.4 Å². The average Bonchev–Trinajstić information content (AvgIpc) is 2.71. The second-order valence-electron chi connectivity index (χ2n) is 6.23. The third kappa shape index (κ3) is 3.11. The fourth-order valence-corrected chi connectivity index (χ4v) is 4.24. The van der Waals surface area contributed by atoms with Crippen molar-refractivity contribution in [2.75, 3.05) is 7.11 Å². The summed E-state index contributed by atoms with van der Waals surface area (Å²) in [4.78, 5) is 24.1. The molecule has 0 bridgehead atoms. The Balaban J connectivity index is 1.92. The maximum absolute atomic E-state index is 12.9. The molecule has 9 heteroatoms. The van der Waals surface area contributed by atoms with Crippen molar-refractivity contribution in [3.63, 3.8) is 0 Å². The predicted molar refractivity (Wildman–Crippen MR) is 103 cm³/mol. The average molecular weight is 409 g/mol. The summed E-state index contributed by atoms with van der Waals surface area (Å²) in [5.41, 5.74) is 0.259. The van der Waals surface area contributed by atoms with Crippen LogP contribution in [0.25, 0.3) is 10.8 Å². The molecule has 1 heterocycles. The molecule has 2 aromatic carbocycles. The fraction of sp³-hybridized carbons (Fsp3) is 0.0500. The summed E-state index contributed by atoms with van der Waals surface area (Å²) >= 11 is 0. The summed E-state index contributed by atoms with van der Waals surface area (Å²) in [6.07, 6.45) is 5.87. The Morgan fingerprint density at radius 1 is 1.07 bits per heavy atom. The number of rotatable bonds is 3. The normalized spacial score (nSPS) is 18.9. The Kier molecular flexibility index (Phi) is 4.31. The summed E-state index contributed by atoms with van der Waals surface area (Å²) < 4.78 is 34.3. The van der Waals surface area contributed by atoms with Crippen LogP contribution in [0.5, 0.6) is 0 Å². The van der Waals surface area contributed by atoms with Gasteiger partial charge in [-0.1, -0.05) is 30.4 Å². The van der Waals surface area contributed by atoms with Crippen molar-refractivity contribution in [2.24, 2.45) is 4.40 Å². The fourth-order valence-electron chi connectivity index (χ4n) is 3.17. The highest BCUT2D eigenvalue weighted by Gasteiger charge is 2.27. The van der Waals surface area contributed by atoms with Gasteiger partial charge in [0, 0.05) is 22.1 Å². The van der Waals surface area contributed by atoms with Gasteiger partial charge in [0.1, 0.15) is 0 Å². The highest BCUT2D eigenvalue weighted by atomic mass is 32.2. The molecule has 0 aromatic heterocycles. The quantitative estimate of drug-likeness (QED) is 0.600. The van der Waals surface area contributed by atoms with E-state index in [2.05, 4.69) is 14.5 Å². The largest absolute Gasteiger partial charge is 0.616 e. The van der Waals surface area contributed by atoms with Crippen molar-refractivity contribution in [3.05, 3.63) is 77.3 Å². The molecule has 1 aliphatic carbocycles. The van der Waals surface area contributed by atoms with Crippen LogP contribution in [0.3, 0.4) is 0 Å². The highest BCUT2D eigenvalue weighted by Crippen LogP contribution is 2.30. The van der Waals surface area contributed by atoms with Crippen LogP contribution >= 0.6 is 0 Å². The Morgan fingerprint density at radius 3 is 2.55 bits per heavy atom. The number of imide groups is 1. The van der Waals surface area contributed by atoms with E-state index in [1.54, 1.807) is 24.3 Å². The second kappa shape index (κ2) is 6.71. The number of methoxy groups -OCH3 is 1. The molecule has 1 N–H and O–H groups in total.